The zero-order chi connectivity index (χ0) is 16.5. The molecule has 0 bridgehead atoms. The molecule has 5 nitrogen and oxygen atoms in total. The smallest absolute Gasteiger partial charge is 0.243 e. The van der Waals surface area contributed by atoms with Crippen molar-refractivity contribution >= 4 is 23.3 Å². The van der Waals surface area contributed by atoms with Crippen LogP contribution in [0.2, 0.25) is 5.28 Å². The maximum Gasteiger partial charge on any atom is 0.243 e. The molecule has 0 aliphatic heterocycles. The number of aromatic nitrogens is 2. The van der Waals surface area contributed by atoms with E-state index < -0.39 is 0 Å². The molecule has 1 aromatic rings. The zero-order valence-electron chi connectivity index (χ0n) is 14.0. The van der Waals surface area contributed by atoms with Gasteiger partial charge in [-0.05, 0) is 57.6 Å². The second-order valence-electron chi connectivity index (χ2n) is 7.23. The van der Waals surface area contributed by atoms with Crippen molar-refractivity contribution in [1.29, 1.82) is 0 Å². The molecule has 0 saturated carbocycles. The van der Waals surface area contributed by atoms with Crippen molar-refractivity contribution in [2.45, 2.75) is 65.5 Å². The highest BCUT2D eigenvalue weighted by Crippen LogP contribution is 2.28. The molecule has 0 spiro atoms. The lowest BCUT2D eigenvalue weighted by Gasteiger charge is -2.28. The van der Waals surface area contributed by atoms with Crippen LogP contribution in [-0.4, -0.2) is 27.5 Å². The van der Waals surface area contributed by atoms with Crippen LogP contribution in [0.5, 0.6) is 0 Å². The Labute approximate surface area is 137 Å². The number of carbonyl (C=O) groups excluding carboxylic acids is 1. The Kier molecular flexibility index (Phi) is 4.95. The second kappa shape index (κ2) is 6.41. The molecule has 122 valence electrons. The average Bonchev–Trinajstić information content (AvgIpc) is 2.80. The minimum absolute atomic E-state index is 0.0241. The molecule has 0 radical (unpaired) electrons. The number of carbonyl (C=O) groups is 1. The number of anilines is 1. The molecule has 1 heterocycles. The number of nitrogens with zero attached hydrogens (tertiary/aromatic N) is 2. The van der Waals surface area contributed by atoms with Gasteiger partial charge in [0.05, 0.1) is 5.69 Å². The number of hydrogen-bond donors (Lipinski definition) is 2. The summed E-state index contributed by atoms with van der Waals surface area (Å²) in [5.41, 5.74) is 1.83. The Hall–Kier alpha value is -1.36. The van der Waals surface area contributed by atoms with E-state index in [4.69, 9.17) is 11.6 Å². The lowest BCUT2D eigenvalue weighted by Crippen LogP contribution is -2.50. The zero-order valence-corrected chi connectivity index (χ0v) is 14.7. The first-order valence-corrected chi connectivity index (χ1v) is 8.19. The first-order chi connectivity index (χ1) is 10.2. The number of amides is 1. The summed E-state index contributed by atoms with van der Waals surface area (Å²) in [6, 6.07) is -0.352. The molecule has 2 N–H and O–H groups in total. The van der Waals surface area contributed by atoms with Gasteiger partial charge in [-0.2, -0.15) is 0 Å². The fraction of sp³-hybridized carbons (Fsp3) is 0.688. The Morgan fingerprint density at radius 3 is 2.50 bits per heavy atom. The van der Waals surface area contributed by atoms with E-state index in [1.54, 1.807) is 0 Å². The number of rotatable bonds is 4. The predicted octanol–water partition coefficient (Wildman–Crippen LogP) is 2.97. The Bertz CT molecular complexity index is 566. The van der Waals surface area contributed by atoms with Crippen LogP contribution in [0.15, 0.2) is 0 Å². The largest absolute Gasteiger partial charge is 0.358 e. The van der Waals surface area contributed by atoms with Crippen molar-refractivity contribution in [2.24, 2.45) is 5.92 Å². The summed E-state index contributed by atoms with van der Waals surface area (Å²) in [5, 5.41) is 6.56. The van der Waals surface area contributed by atoms with Gasteiger partial charge in [0, 0.05) is 11.1 Å². The van der Waals surface area contributed by atoms with Crippen molar-refractivity contribution in [2.75, 3.05) is 5.32 Å². The maximum atomic E-state index is 12.5. The van der Waals surface area contributed by atoms with Gasteiger partial charge in [0.25, 0.3) is 0 Å². The van der Waals surface area contributed by atoms with E-state index in [1.165, 1.54) is 0 Å². The van der Waals surface area contributed by atoms with Crippen LogP contribution in [0.3, 0.4) is 0 Å². The minimum Gasteiger partial charge on any atom is -0.358 e. The van der Waals surface area contributed by atoms with E-state index in [2.05, 4.69) is 20.6 Å². The second-order valence-corrected chi connectivity index (χ2v) is 7.56. The highest BCUT2D eigenvalue weighted by Gasteiger charge is 2.28. The van der Waals surface area contributed by atoms with Crippen molar-refractivity contribution in [3.63, 3.8) is 0 Å². The number of fused-ring (bicyclic) bond motifs is 1. The van der Waals surface area contributed by atoms with E-state index in [-0.39, 0.29) is 28.7 Å². The molecule has 0 fully saturated rings. The third-order valence-corrected chi connectivity index (χ3v) is 3.81. The van der Waals surface area contributed by atoms with Crippen LogP contribution < -0.4 is 10.6 Å². The summed E-state index contributed by atoms with van der Waals surface area (Å²) in [5.74, 6) is 0.812. The number of nitrogens with one attached hydrogen (secondary N) is 2. The molecule has 22 heavy (non-hydrogen) atoms. The van der Waals surface area contributed by atoms with Crippen LogP contribution in [0.1, 0.15) is 52.3 Å². The van der Waals surface area contributed by atoms with E-state index in [0.717, 1.165) is 30.5 Å². The molecule has 0 saturated heterocycles. The Balaban J connectivity index is 2.24. The minimum atomic E-state index is -0.352. The van der Waals surface area contributed by atoms with Crippen molar-refractivity contribution in [3.8, 4) is 0 Å². The molecule has 1 aliphatic rings. The first-order valence-electron chi connectivity index (χ1n) is 7.81. The summed E-state index contributed by atoms with van der Waals surface area (Å²) < 4.78 is 0. The highest BCUT2D eigenvalue weighted by molar-refractivity contribution is 6.28. The average molecular weight is 325 g/mol. The molecule has 2 rings (SSSR count). The van der Waals surface area contributed by atoms with Gasteiger partial charge in [-0.3, -0.25) is 4.79 Å². The SMILES string of the molecule is CC(C)C(Nc1nc(Cl)nc2c1CCC2)C(=O)NC(C)(C)C. The third-order valence-electron chi connectivity index (χ3n) is 3.65. The molecule has 0 aromatic carbocycles. The van der Waals surface area contributed by atoms with Crippen molar-refractivity contribution < 1.29 is 4.79 Å². The fourth-order valence-corrected chi connectivity index (χ4v) is 2.84. The van der Waals surface area contributed by atoms with Gasteiger partial charge < -0.3 is 10.6 Å². The number of hydrogen-bond acceptors (Lipinski definition) is 4. The van der Waals surface area contributed by atoms with Crippen LogP contribution >= 0.6 is 11.6 Å². The van der Waals surface area contributed by atoms with Crippen LogP contribution in [0, 0.1) is 5.92 Å². The van der Waals surface area contributed by atoms with Crippen molar-refractivity contribution in [1.82, 2.24) is 15.3 Å². The van der Waals surface area contributed by atoms with E-state index in [9.17, 15) is 4.79 Å². The van der Waals surface area contributed by atoms with Gasteiger partial charge in [-0.25, -0.2) is 9.97 Å². The standard InChI is InChI=1S/C16H25ClN4O/c1-9(2)12(14(22)21-16(3,4)5)19-13-10-7-6-8-11(10)18-15(17)20-13/h9,12H,6-8H2,1-5H3,(H,21,22)(H,18,19,20). The normalized spacial score (nSPS) is 15.6. The lowest BCUT2D eigenvalue weighted by molar-refractivity contribution is -0.124. The van der Waals surface area contributed by atoms with E-state index in [0.29, 0.717) is 5.82 Å². The van der Waals surface area contributed by atoms with Crippen LogP contribution in [-0.2, 0) is 17.6 Å². The highest BCUT2D eigenvalue weighted by atomic mass is 35.5. The summed E-state index contributed by atoms with van der Waals surface area (Å²) in [4.78, 5) is 21.1. The van der Waals surface area contributed by atoms with E-state index >= 15 is 0 Å². The number of aryl methyl sites for hydroxylation is 1. The van der Waals surface area contributed by atoms with Gasteiger partial charge in [0.15, 0.2) is 0 Å². The van der Waals surface area contributed by atoms with Gasteiger partial charge >= 0.3 is 0 Å². The van der Waals surface area contributed by atoms with E-state index in [1.807, 2.05) is 34.6 Å². The van der Waals surface area contributed by atoms with Gasteiger partial charge in [0.1, 0.15) is 11.9 Å². The topological polar surface area (TPSA) is 66.9 Å². The molecular formula is C16H25ClN4O. The Morgan fingerprint density at radius 1 is 1.23 bits per heavy atom. The summed E-state index contributed by atoms with van der Waals surface area (Å²) in [7, 11) is 0. The fourth-order valence-electron chi connectivity index (χ4n) is 2.65. The lowest BCUT2D eigenvalue weighted by atomic mass is 10.0. The predicted molar refractivity (Wildman–Crippen MR) is 89.2 cm³/mol. The monoisotopic (exact) mass is 324 g/mol. The summed E-state index contributed by atoms with van der Waals surface area (Å²) >= 11 is 6.01. The molecular weight excluding hydrogens is 300 g/mol. The molecule has 1 aliphatic carbocycles. The van der Waals surface area contributed by atoms with Gasteiger partial charge in [0.2, 0.25) is 11.2 Å². The van der Waals surface area contributed by atoms with Crippen LogP contribution in [0.25, 0.3) is 0 Å². The molecule has 1 atom stereocenters. The molecule has 6 heteroatoms. The molecule has 1 amide bonds. The first kappa shape index (κ1) is 17.0. The maximum absolute atomic E-state index is 12.5. The summed E-state index contributed by atoms with van der Waals surface area (Å²) in [6.07, 6.45) is 2.91. The molecule has 1 aromatic heterocycles. The van der Waals surface area contributed by atoms with Crippen LogP contribution in [0.4, 0.5) is 5.82 Å². The molecule has 1 unspecified atom stereocenters. The number of halogens is 1. The third kappa shape index (κ3) is 4.09. The quantitative estimate of drug-likeness (QED) is 0.836. The Morgan fingerprint density at radius 2 is 1.91 bits per heavy atom. The van der Waals surface area contributed by atoms with Crippen molar-refractivity contribution in [3.05, 3.63) is 16.5 Å². The summed E-state index contributed by atoms with van der Waals surface area (Å²) in [6.45, 7) is 9.95. The van der Waals surface area contributed by atoms with Gasteiger partial charge in [-0.15, -0.1) is 0 Å². The van der Waals surface area contributed by atoms with Gasteiger partial charge in [-0.1, -0.05) is 13.8 Å².